The second kappa shape index (κ2) is 8.24. The molecule has 3 rings (SSSR count). The minimum Gasteiger partial charge on any atom is -0.479 e. The molecule has 1 unspecified atom stereocenters. The Labute approximate surface area is 164 Å². The average Bonchev–Trinajstić information content (AvgIpc) is 3.25. The average molecular weight is 411 g/mol. The molecule has 1 aliphatic heterocycles. The van der Waals surface area contributed by atoms with Gasteiger partial charge in [-0.2, -0.15) is 9.97 Å². The molecule has 0 radical (unpaired) electrons. The first-order chi connectivity index (χ1) is 13.8. The molecule has 13 heteroatoms. The molecule has 2 aromatic heterocycles. The number of methoxy groups -OCH3 is 2. The van der Waals surface area contributed by atoms with Crippen molar-refractivity contribution in [1.82, 2.24) is 19.5 Å². The number of nitrogens with two attached hydrogens (primary N) is 1. The number of anilines is 1. The summed E-state index contributed by atoms with van der Waals surface area (Å²) < 4.78 is 16.4. The van der Waals surface area contributed by atoms with Crippen LogP contribution >= 0.6 is 0 Å². The van der Waals surface area contributed by atoms with Crippen molar-refractivity contribution < 1.29 is 39.1 Å². The summed E-state index contributed by atoms with van der Waals surface area (Å²) in [6.45, 7) is 0. The van der Waals surface area contributed by atoms with Gasteiger partial charge in [0.15, 0.2) is 23.2 Å². The van der Waals surface area contributed by atoms with Crippen molar-refractivity contribution >= 4 is 28.9 Å². The Morgan fingerprint density at radius 3 is 2.66 bits per heavy atom. The third-order valence-corrected chi connectivity index (χ3v) is 4.59. The SMILES string of the molecule is COC(=O)CCC(=O)C(O)[C@H]1O[C@@H](n2cnc3c(OC)nc(N)nc32)[C@@H](O)[C@@H]1O. The van der Waals surface area contributed by atoms with Gasteiger partial charge in [0.25, 0.3) is 0 Å². The number of ether oxygens (including phenoxy) is 3. The van der Waals surface area contributed by atoms with Crippen molar-refractivity contribution in [2.45, 2.75) is 43.5 Å². The van der Waals surface area contributed by atoms with E-state index in [-0.39, 0.29) is 35.8 Å². The summed E-state index contributed by atoms with van der Waals surface area (Å²) in [7, 11) is 2.55. The number of Topliss-reactive ketones (excluding diaryl/α,β-unsaturated/α-hetero) is 1. The smallest absolute Gasteiger partial charge is 0.305 e. The van der Waals surface area contributed by atoms with E-state index >= 15 is 0 Å². The third-order valence-electron chi connectivity index (χ3n) is 4.59. The maximum atomic E-state index is 12.1. The zero-order valence-electron chi connectivity index (χ0n) is 15.6. The van der Waals surface area contributed by atoms with Crippen molar-refractivity contribution in [2.75, 3.05) is 20.0 Å². The van der Waals surface area contributed by atoms with E-state index in [9.17, 15) is 24.9 Å². The van der Waals surface area contributed by atoms with E-state index in [0.717, 1.165) is 0 Å². The number of carbonyl (C=O) groups excluding carboxylic acids is 2. The molecule has 0 bridgehead atoms. The van der Waals surface area contributed by atoms with Gasteiger partial charge in [0, 0.05) is 6.42 Å². The van der Waals surface area contributed by atoms with Gasteiger partial charge in [0.05, 0.1) is 27.0 Å². The van der Waals surface area contributed by atoms with Crippen molar-refractivity contribution in [2.24, 2.45) is 0 Å². The summed E-state index contributed by atoms with van der Waals surface area (Å²) in [6.07, 6.45) is -6.78. The van der Waals surface area contributed by atoms with Crippen LogP contribution in [0, 0.1) is 0 Å². The molecule has 5 N–H and O–H groups in total. The molecule has 0 saturated carbocycles. The highest BCUT2D eigenvalue weighted by atomic mass is 16.6. The van der Waals surface area contributed by atoms with Crippen molar-refractivity contribution in [3.63, 3.8) is 0 Å². The van der Waals surface area contributed by atoms with Gasteiger partial charge in [-0.05, 0) is 0 Å². The van der Waals surface area contributed by atoms with Crippen LogP contribution in [-0.4, -0.2) is 85.2 Å². The number of rotatable bonds is 7. The molecule has 3 heterocycles. The number of esters is 1. The van der Waals surface area contributed by atoms with Crippen molar-refractivity contribution in [3.05, 3.63) is 6.33 Å². The van der Waals surface area contributed by atoms with Crippen molar-refractivity contribution in [1.29, 1.82) is 0 Å². The van der Waals surface area contributed by atoms with Crippen LogP contribution in [0.2, 0.25) is 0 Å². The highest BCUT2D eigenvalue weighted by molar-refractivity contribution is 5.86. The molecule has 158 valence electrons. The number of nitrogens with zero attached hydrogens (tertiary/aromatic N) is 4. The number of aliphatic hydroxyl groups is 3. The molecule has 29 heavy (non-hydrogen) atoms. The molecular formula is C16H21N5O8. The second-order valence-corrected chi connectivity index (χ2v) is 6.37. The quantitative estimate of drug-likeness (QED) is 0.364. The fourth-order valence-electron chi connectivity index (χ4n) is 3.07. The molecule has 1 fully saturated rings. The Morgan fingerprint density at radius 2 is 2.00 bits per heavy atom. The van der Waals surface area contributed by atoms with E-state index in [0.29, 0.717) is 0 Å². The van der Waals surface area contributed by atoms with Crippen LogP contribution in [-0.2, 0) is 19.1 Å². The minimum absolute atomic E-state index is 0.105. The summed E-state index contributed by atoms with van der Waals surface area (Å²) in [5, 5.41) is 31.0. The van der Waals surface area contributed by atoms with Gasteiger partial charge in [-0.1, -0.05) is 0 Å². The Hall–Kier alpha value is -2.87. The molecule has 0 aliphatic carbocycles. The van der Waals surface area contributed by atoms with Gasteiger partial charge >= 0.3 is 5.97 Å². The number of nitrogen functional groups attached to an aromatic ring is 1. The molecule has 2 aromatic rings. The van der Waals surface area contributed by atoms with Crippen LogP contribution in [0.1, 0.15) is 19.1 Å². The Morgan fingerprint density at radius 1 is 1.28 bits per heavy atom. The molecule has 0 amide bonds. The topological polar surface area (TPSA) is 192 Å². The van der Waals surface area contributed by atoms with Crippen LogP contribution in [0.4, 0.5) is 5.95 Å². The fraction of sp³-hybridized carbons (Fsp3) is 0.562. The first kappa shape index (κ1) is 20.9. The molecule has 0 aromatic carbocycles. The molecule has 1 aliphatic rings. The number of aliphatic hydroxyl groups excluding tert-OH is 3. The number of ketones is 1. The van der Waals surface area contributed by atoms with Gasteiger partial charge in [0.1, 0.15) is 24.4 Å². The van der Waals surface area contributed by atoms with Crippen LogP contribution in [0.3, 0.4) is 0 Å². The van der Waals surface area contributed by atoms with E-state index in [4.69, 9.17) is 15.2 Å². The summed E-state index contributed by atoms with van der Waals surface area (Å²) in [6, 6.07) is 0. The van der Waals surface area contributed by atoms with Crippen LogP contribution in [0.15, 0.2) is 6.33 Å². The maximum Gasteiger partial charge on any atom is 0.305 e. The monoisotopic (exact) mass is 411 g/mol. The van der Waals surface area contributed by atoms with E-state index < -0.39 is 42.4 Å². The normalized spacial score (nSPS) is 25.1. The largest absolute Gasteiger partial charge is 0.479 e. The van der Waals surface area contributed by atoms with E-state index in [1.807, 2.05) is 0 Å². The van der Waals surface area contributed by atoms with E-state index in [1.165, 1.54) is 25.1 Å². The molecule has 1 saturated heterocycles. The maximum absolute atomic E-state index is 12.1. The summed E-state index contributed by atoms with van der Waals surface area (Å²) >= 11 is 0. The van der Waals surface area contributed by atoms with Gasteiger partial charge in [-0.3, -0.25) is 14.2 Å². The van der Waals surface area contributed by atoms with E-state index in [1.54, 1.807) is 0 Å². The number of hydrogen-bond acceptors (Lipinski definition) is 12. The summed E-state index contributed by atoms with van der Waals surface area (Å²) in [4.78, 5) is 35.3. The molecule has 0 spiro atoms. The van der Waals surface area contributed by atoms with Crippen LogP contribution < -0.4 is 10.5 Å². The summed E-state index contributed by atoms with van der Waals surface area (Å²) in [5.41, 5.74) is 6.06. The van der Waals surface area contributed by atoms with Gasteiger partial charge in [-0.15, -0.1) is 0 Å². The number of carbonyl (C=O) groups is 2. The number of aromatic nitrogens is 4. The first-order valence-corrected chi connectivity index (χ1v) is 8.61. The molecule has 5 atom stereocenters. The first-order valence-electron chi connectivity index (χ1n) is 8.61. The third kappa shape index (κ3) is 3.85. The van der Waals surface area contributed by atoms with E-state index in [2.05, 4.69) is 19.7 Å². The molecule has 13 nitrogen and oxygen atoms in total. The standard InChI is InChI=1S/C16H21N5O8/c1-27-7(23)4-3-6(22)9(24)12-10(25)11(26)15(29-12)21-5-18-8-13(21)19-16(17)20-14(8)28-2/h5,9-12,15,24-26H,3-4H2,1-2H3,(H2,17,19,20)/t9?,10-,11-,12+,15+/m0/s1. The predicted molar refractivity (Wildman–Crippen MR) is 94.5 cm³/mol. The minimum atomic E-state index is -1.77. The summed E-state index contributed by atoms with van der Waals surface area (Å²) in [5.74, 6) is -1.36. The zero-order chi connectivity index (χ0) is 21.3. The zero-order valence-corrected chi connectivity index (χ0v) is 15.6. The molecular weight excluding hydrogens is 390 g/mol. The predicted octanol–water partition coefficient (Wildman–Crippen LogP) is -2.08. The lowest BCUT2D eigenvalue weighted by Gasteiger charge is -2.20. The van der Waals surface area contributed by atoms with Gasteiger partial charge in [0.2, 0.25) is 11.8 Å². The second-order valence-electron chi connectivity index (χ2n) is 6.37. The van der Waals surface area contributed by atoms with Gasteiger partial charge in [-0.25, -0.2) is 4.98 Å². The number of hydrogen-bond donors (Lipinski definition) is 4. The Bertz CT molecular complexity index is 918. The Kier molecular flexibility index (Phi) is 5.93. The number of imidazole rings is 1. The number of fused-ring (bicyclic) bond motifs is 1. The lowest BCUT2D eigenvalue weighted by Crippen LogP contribution is -2.43. The highest BCUT2D eigenvalue weighted by Gasteiger charge is 2.49. The Balaban J connectivity index is 1.83. The highest BCUT2D eigenvalue weighted by Crippen LogP contribution is 2.34. The fourth-order valence-corrected chi connectivity index (χ4v) is 3.07. The van der Waals surface area contributed by atoms with Crippen LogP contribution in [0.5, 0.6) is 5.88 Å². The van der Waals surface area contributed by atoms with Gasteiger partial charge < -0.3 is 35.3 Å². The van der Waals surface area contributed by atoms with Crippen molar-refractivity contribution in [3.8, 4) is 5.88 Å². The lowest BCUT2D eigenvalue weighted by molar-refractivity contribution is -0.146. The van der Waals surface area contributed by atoms with Crippen LogP contribution in [0.25, 0.3) is 11.2 Å². The lowest BCUT2D eigenvalue weighted by atomic mass is 10.00.